The Balaban J connectivity index is 0.000000861. The van der Waals surface area contributed by atoms with E-state index in [2.05, 4.69) is 0 Å². The van der Waals surface area contributed by atoms with Gasteiger partial charge in [0.05, 0.1) is 6.10 Å². The molecule has 1 aromatic carbocycles. The van der Waals surface area contributed by atoms with E-state index in [-0.39, 0.29) is 12.5 Å². The average Bonchev–Trinajstić information content (AvgIpc) is 2.68. The fourth-order valence-corrected chi connectivity index (χ4v) is 2.18. The van der Waals surface area contributed by atoms with Gasteiger partial charge in [0.2, 0.25) is 0 Å². The second kappa shape index (κ2) is 6.70. The number of nitrogens with two attached hydrogens (primary N) is 1. The number of benzene rings is 1. The van der Waals surface area contributed by atoms with Gasteiger partial charge < -0.3 is 20.5 Å². The Bertz CT molecular complexity index is 452. The summed E-state index contributed by atoms with van der Waals surface area (Å²) in [6.45, 7) is 5.82. The van der Waals surface area contributed by atoms with Crippen LogP contribution in [0.2, 0.25) is 0 Å². The highest BCUT2D eigenvalue weighted by Gasteiger charge is 2.34. The van der Waals surface area contributed by atoms with Crippen LogP contribution in [-0.4, -0.2) is 29.3 Å². The molecule has 19 heavy (non-hydrogen) atoms. The maximum atomic E-state index is 10.7. The maximum absolute atomic E-state index is 10.7. The SMILES string of the molecule is CC.CC1OB(O)c2cccc(CC(N)C(=O)O)c21. The molecule has 4 N–H and O–H groups in total. The molecular weight excluding hydrogens is 245 g/mol. The quantitative estimate of drug-likeness (QED) is 0.690. The lowest BCUT2D eigenvalue weighted by molar-refractivity contribution is -0.138. The summed E-state index contributed by atoms with van der Waals surface area (Å²) in [5.41, 5.74) is 7.90. The molecule has 0 fully saturated rings. The summed E-state index contributed by atoms with van der Waals surface area (Å²) in [4.78, 5) is 10.7. The molecule has 1 aromatic rings. The predicted molar refractivity (Wildman–Crippen MR) is 74.2 cm³/mol. The molecule has 0 radical (unpaired) electrons. The standard InChI is InChI=1S/C11H14BNO4.C2H6/c1-6-10-7(5-9(13)11(14)15)3-2-4-8(10)12(16)17-6;1-2/h2-4,6,9,16H,5,13H2,1H3,(H,14,15);1-2H3. The van der Waals surface area contributed by atoms with Crippen LogP contribution in [0, 0.1) is 0 Å². The third-order valence-electron chi connectivity index (χ3n) is 2.99. The topological polar surface area (TPSA) is 92.8 Å². The van der Waals surface area contributed by atoms with Gasteiger partial charge in [-0.25, -0.2) is 0 Å². The summed E-state index contributed by atoms with van der Waals surface area (Å²) >= 11 is 0. The first kappa shape index (κ1) is 15.7. The third-order valence-corrected chi connectivity index (χ3v) is 2.99. The van der Waals surface area contributed by atoms with Gasteiger partial charge >= 0.3 is 13.1 Å². The zero-order valence-corrected chi connectivity index (χ0v) is 11.5. The largest absolute Gasteiger partial charge is 0.491 e. The second-order valence-electron chi connectivity index (χ2n) is 4.20. The molecule has 0 aliphatic carbocycles. The van der Waals surface area contributed by atoms with Gasteiger partial charge in [0, 0.05) is 0 Å². The number of hydrogen-bond donors (Lipinski definition) is 3. The van der Waals surface area contributed by atoms with E-state index < -0.39 is 19.1 Å². The Morgan fingerprint density at radius 1 is 1.53 bits per heavy atom. The van der Waals surface area contributed by atoms with Crippen molar-refractivity contribution in [3.05, 3.63) is 29.3 Å². The van der Waals surface area contributed by atoms with E-state index in [0.29, 0.717) is 5.46 Å². The Labute approximate surface area is 113 Å². The van der Waals surface area contributed by atoms with Crippen LogP contribution in [0.25, 0.3) is 0 Å². The minimum absolute atomic E-state index is 0.235. The fraction of sp³-hybridized carbons (Fsp3) is 0.462. The monoisotopic (exact) mass is 265 g/mol. The fourth-order valence-electron chi connectivity index (χ4n) is 2.18. The van der Waals surface area contributed by atoms with Gasteiger partial charge in [0.25, 0.3) is 0 Å². The second-order valence-corrected chi connectivity index (χ2v) is 4.20. The highest BCUT2D eigenvalue weighted by Crippen LogP contribution is 2.26. The maximum Gasteiger partial charge on any atom is 0.491 e. The number of aliphatic carboxylic acids is 1. The lowest BCUT2D eigenvalue weighted by Gasteiger charge is -2.13. The Morgan fingerprint density at radius 2 is 2.16 bits per heavy atom. The highest BCUT2D eigenvalue weighted by atomic mass is 16.5. The molecule has 5 nitrogen and oxygen atoms in total. The lowest BCUT2D eigenvalue weighted by atomic mass is 9.77. The molecule has 0 spiro atoms. The van der Waals surface area contributed by atoms with Crippen LogP contribution in [0.1, 0.15) is 38.0 Å². The molecule has 6 heteroatoms. The first-order chi connectivity index (χ1) is 9.00. The Kier molecular flexibility index (Phi) is 5.53. The smallest absolute Gasteiger partial charge is 0.480 e. The van der Waals surface area contributed by atoms with Gasteiger partial charge in [0.15, 0.2) is 0 Å². The molecule has 0 saturated heterocycles. The van der Waals surface area contributed by atoms with E-state index in [4.69, 9.17) is 15.5 Å². The van der Waals surface area contributed by atoms with E-state index in [1.54, 1.807) is 12.1 Å². The van der Waals surface area contributed by atoms with Crippen molar-refractivity contribution in [2.45, 2.75) is 39.3 Å². The normalized spacial score (nSPS) is 18.4. The highest BCUT2D eigenvalue weighted by molar-refractivity contribution is 6.61. The zero-order valence-electron chi connectivity index (χ0n) is 11.5. The van der Waals surface area contributed by atoms with E-state index in [0.717, 1.165) is 11.1 Å². The van der Waals surface area contributed by atoms with E-state index >= 15 is 0 Å². The van der Waals surface area contributed by atoms with E-state index in [1.807, 2.05) is 26.8 Å². The molecule has 2 atom stereocenters. The van der Waals surface area contributed by atoms with Crippen molar-refractivity contribution >= 4 is 18.6 Å². The minimum atomic E-state index is -1.03. The molecule has 0 bridgehead atoms. The zero-order chi connectivity index (χ0) is 14.6. The molecular formula is C13H20BNO4. The van der Waals surface area contributed by atoms with Crippen LogP contribution < -0.4 is 11.2 Å². The lowest BCUT2D eigenvalue weighted by Crippen LogP contribution is -2.33. The van der Waals surface area contributed by atoms with Crippen molar-refractivity contribution in [1.29, 1.82) is 0 Å². The number of carbonyl (C=O) groups is 1. The molecule has 104 valence electrons. The van der Waals surface area contributed by atoms with Gasteiger partial charge in [0.1, 0.15) is 6.04 Å². The third kappa shape index (κ3) is 3.35. The van der Waals surface area contributed by atoms with Gasteiger partial charge in [-0.3, -0.25) is 4.79 Å². The van der Waals surface area contributed by atoms with Crippen molar-refractivity contribution in [3.63, 3.8) is 0 Å². The van der Waals surface area contributed by atoms with Crippen LogP contribution in [-0.2, 0) is 15.9 Å². The molecule has 1 aliphatic heterocycles. The first-order valence-electron chi connectivity index (χ1n) is 6.44. The van der Waals surface area contributed by atoms with Gasteiger partial charge in [-0.05, 0) is 29.9 Å². The number of rotatable bonds is 3. The first-order valence-corrected chi connectivity index (χ1v) is 6.44. The number of fused-ring (bicyclic) bond motifs is 1. The van der Waals surface area contributed by atoms with Crippen LogP contribution in [0.3, 0.4) is 0 Å². The summed E-state index contributed by atoms with van der Waals surface area (Å²) in [5.74, 6) is -1.03. The average molecular weight is 265 g/mol. The van der Waals surface area contributed by atoms with Gasteiger partial charge in [-0.15, -0.1) is 0 Å². The summed E-state index contributed by atoms with van der Waals surface area (Å²) in [6.07, 6.45) is -0.00366. The number of carboxylic acids is 1. The number of carboxylic acid groups (broad SMARTS) is 1. The van der Waals surface area contributed by atoms with Crippen LogP contribution in [0.4, 0.5) is 0 Å². The van der Waals surface area contributed by atoms with Crippen molar-refractivity contribution in [2.75, 3.05) is 0 Å². The van der Waals surface area contributed by atoms with E-state index in [9.17, 15) is 9.82 Å². The van der Waals surface area contributed by atoms with Gasteiger partial charge in [-0.1, -0.05) is 32.0 Å². The predicted octanol–water partition coefficient (Wildman–Crippen LogP) is 0.446. The van der Waals surface area contributed by atoms with Crippen molar-refractivity contribution in [1.82, 2.24) is 0 Å². The summed E-state index contributed by atoms with van der Waals surface area (Å²) in [5, 5.41) is 18.5. The Hall–Kier alpha value is -1.37. The molecule has 0 aromatic heterocycles. The van der Waals surface area contributed by atoms with Crippen LogP contribution in [0.15, 0.2) is 18.2 Å². The van der Waals surface area contributed by atoms with Crippen LogP contribution in [0.5, 0.6) is 0 Å². The van der Waals surface area contributed by atoms with Crippen molar-refractivity contribution in [2.24, 2.45) is 5.73 Å². The van der Waals surface area contributed by atoms with Crippen molar-refractivity contribution < 1.29 is 19.6 Å². The molecule has 1 heterocycles. The molecule has 0 amide bonds. The molecule has 2 rings (SSSR count). The molecule has 2 unspecified atom stereocenters. The van der Waals surface area contributed by atoms with E-state index in [1.165, 1.54) is 0 Å². The Morgan fingerprint density at radius 3 is 2.74 bits per heavy atom. The minimum Gasteiger partial charge on any atom is -0.480 e. The summed E-state index contributed by atoms with van der Waals surface area (Å²) in [6, 6.07) is 4.43. The summed E-state index contributed by atoms with van der Waals surface area (Å²) in [7, 11) is -0.930. The van der Waals surface area contributed by atoms with Crippen LogP contribution >= 0.6 is 0 Å². The van der Waals surface area contributed by atoms with Crippen molar-refractivity contribution in [3.8, 4) is 0 Å². The molecule has 1 aliphatic rings. The van der Waals surface area contributed by atoms with Gasteiger partial charge in [-0.2, -0.15) is 0 Å². The number of hydrogen-bond acceptors (Lipinski definition) is 4. The molecule has 0 saturated carbocycles. The summed E-state index contributed by atoms with van der Waals surface area (Å²) < 4.78 is 5.28.